The van der Waals surface area contributed by atoms with E-state index in [0.29, 0.717) is 23.7 Å². The summed E-state index contributed by atoms with van der Waals surface area (Å²) in [7, 11) is 5.47. The van der Waals surface area contributed by atoms with Gasteiger partial charge in [-0.25, -0.2) is 0 Å². The van der Waals surface area contributed by atoms with E-state index in [1.54, 1.807) is 18.2 Å². The molecule has 0 atom stereocenters. The van der Waals surface area contributed by atoms with Crippen molar-refractivity contribution in [2.75, 3.05) is 28.4 Å². The molecule has 9 heteroatoms. The summed E-state index contributed by atoms with van der Waals surface area (Å²) in [5.74, 6) is -0.655. The average Bonchev–Trinajstić information content (AvgIpc) is 2.89. The molecule has 0 aliphatic rings. The Balaban J connectivity index is 1.85. The molecule has 1 aromatic heterocycles. The van der Waals surface area contributed by atoms with Crippen LogP contribution in [0.4, 0.5) is 0 Å². The van der Waals surface area contributed by atoms with Crippen LogP contribution >= 0.6 is 0 Å². The van der Waals surface area contributed by atoms with Crippen LogP contribution in [0.3, 0.4) is 0 Å². The van der Waals surface area contributed by atoms with E-state index in [2.05, 4.69) is 0 Å². The topological polar surface area (TPSA) is 117 Å². The number of fused-ring (bicyclic) bond motifs is 1. The lowest BCUT2D eigenvalue weighted by molar-refractivity contribution is 0.284. The molecule has 4 rings (SSSR count). The highest BCUT2D eigenvalue weighted by molar-refractivity contribution is 5.96. The molecule has 0 unspecified atom stereocenters. The molecular weight excluding hydrogens is 456 g/mol. The summed E-state index contributed by atoms with van der Waals surface area (Å²) in [6.07, 6.45) is 0. The normalized spacial score (nSPS) is 10.7. The SMILES string of the molecule is COc1cc(-c2oc3c(OC)c(OC)c(OC)c(O)c3c(=O)c2O)ccc1OCc1ccccc1. The van der Waals surface area contributed by atoms with Crippen LogP contribution in [0.15, 0.2) is 57.7 Å². The second-order valence-corrected chi connectivity index (χ2v) is 7.40. The standard InChI is InChI=1S/C26H24O9/c1-30-17-12-15(10-11-16(17)34-13-14-8-6-5-7-9-14)22-21(29)19(27)18-20(28)24(31-2)26(33-4)25(32-3)23(18)35-22/h5-12,28-29H,13H2,1-4H3. The van der Waals surface area contributed by atoms with E-state index >= 15 is 0 Å². The van der Waals surface area contributed by atoms with Gasteiger partial charge in [0, 0.05) is 5.56 Å². The van der Waals surface area contributed by atoms with E-state index in [4.69, 9.17) is 28.1 Å². The lowest BCUT2D eigenvalue weighted by Gasteiger charge is -2.17. The zero-order chi connectivity index (χ0) is 25.1. The molecule has 2 N–H and O–H groups in total. The smallest absolute Gasteiger partial charge is 0.239 e. The maximum Gasteiger partial charge on any atom is 0.239 e. The fraction of sp³-hybridized carbons (Fsp3) is 0.192. The van der Waals surface area contributed by atoms with E-state index in [0.717, 1.165) is 5.56 Å². The zero-order valence-electron chi connectivity index (χ0n) is 19.6. The number of hydrogen-bond acceptors (Lipinski definition) is 9. The molecule has 3 aromatic carbocycles. The lowest BCUT2D eigenvalue weighted by Crippen LogP contribution is -2.06. The minimum atomic E-state index is -0.874. The number of benzene rings is 3. The predicted molar refractivity (Wildman–Crippen MR) is 128 cm³/mol. The van der Waals surface area contributed by atoms with E-state index in [1.165, 1.54) is 28.4 Å². The van der Waals surface area contributed by atoms with Gasteiger partial charge in [-0.2, -0.15) is 0 Å². The molecule has 0 radical (unpaired) electrons. The van der Waals surface area contributed by atoms with Crippen LogP contribution in [0.1, 0.15) is 5.56 Å². The van der Waals surface area contributed by atoms with Crippen LogP contribution in [0.5, 0.6) is 40.2 Å². The van der Waals surface area contributed by atoms with Crippen LogP contribution in [0, 0.1) is 0 Å². The number of phenols is 1. The van der Waals surface area contributed by atoms with Crippen molar-refractivity contribution >= 4 is 11.0 Å². The predicted octanol–water partition coefficient (Wildman–Crippen LogP) is 4.48. The summed E-state index contributed by atoms with van der Waals surface area (Å²) >= 11 is 0. The third-order valence-corrected chi connectivity index (χ3v) is 5.43. The highest BCUT2D eigenvalue weighted by Crippen LogP contribution is 2.51. The van der Waals surface area contributed by atoms with Crippen molar-refractivity contribution in [3.8, 4) is 51.6 Å². The molecule has 0 amide bonds. The second-order valence-electron chi connectivity index (χ2n) is 7.40. The van der Waals surface area contributed by atoms with E-state index in [-0.39, 0.29) is 34.0 Å². The zero-order valence-corrected chi connectivity index (χ0v) is 19.6. The molecule has 0 aliphatic carbocycles. The van der Waals surface area contributed by atoms with Gasteiger partial charge >= 0.3 is 0 Å². The molecule has 4 aromatic rings. The number of rotatable bonds is 8. The number of aromatic hydroxyl groups is 2. The summed E-state index contributed by atoms with van der Waals surface area (Å²) in [4.78, 5) is 13.1. The lowest BCUT2D eigenvalue weighted by atomic mass is 10.1. The highest BCUT2D eigenvalue weighted by atomic mass is 16.5. The van der Waals surface area contributed by atoms with Gasteiger partial charge in [-0.05, 0) is 23.8 Å². The first kappa shape index (κ1) is 23.6. The first-order valence-corrected chi connectivity index (χ1v) is 10.5. The van der Waals surface area contributed by atoms with Gasteiger partial charge in [0.15, 0.2) is 28.6 Å². The molecular formula is C26H24O9. The van der Waals surface area contributed by atoms with E-state index in [9.17, 15) is 15.0 Å². The van der Waals surface area contributed by atoms with Crippen LogP contribution in [0.25, 0.3) is 22.3 Å². The van der Waals surface area contributed by atoms with Gasteiger partial charge in [0.05, 0.1) is 28.4 Å². The van der Waals surface area contributed by atoms with Crippen molar-refractivity contribution in [2.24, 2.45) is 0 Å². The quantitative estimate of drug-likeness (QED) is 0.376. The van der Waals surface area contributed by atoms with Gasteiger partial charge in [-0.15, -0.1) is 0 Å². The Morgan fingerprint density at radius 2 is 1.46 bits per heavy atom. The van der Waals surface area contributed by atoms with Crippen LogP contribution in [0.2, 0.25) is 0 Å². The van der Waals surface area contributed by atoms with Crippen LogP contribution in [-0.2, 0) is 6.61 Å². The van der Waals surface area contributed by atoms with Gasteiger partial charge in [-0.3, -0.25) is 4.79 Å². The van der Waals surface area contributed by atoms with Gasteiger partial charge in [0.25, 0.3) is 0 Å². The number of ether oxygens (including phenoxy) is 5. The Morgan fingerprint density at radius 3 is 2.09 bits per heavy atom. The van der Waals surface area contributed by atoms with Gasteiger partial charge in [-0.1, -0.05) is 30.3 Å². The molecule has 0 bridgehead atoms. The second kappa shape index (κ2) is 9.76. The number of phenolic OH excluding ortho intramolecular Hbond substituents is 1. The van der Waals surface area contributed by atoms with Gasteiger partial charge in [0.1, 0.15) is 12.0 Å². The molecule has 182 valence electrons. The number of methoxy groups -OCH3 is 4. The Bertz CT molecular complexity index is 1430. The molecule has 0 saturated heterocycles. The molecule has 9 nitrogen and oxygen atoms in total. The fourth-order valence-corrected chi connectivity index (χ4v) is 3.75. The third kappa shape index (κ3) is 4.12. The summed E-state index contributed by atoms with van der Waals surface area (Å²) in [5.41, 5.74) is 0.319. The molecule has 0 saturated carbocycles. The largest absolute Gasteiger partial charge is 0.504 e. The van der Waals surface area contributed by atoms with Crippen molar-refractivity contribution in [3.63, 3.8) is 0 Å². The third-order valence-electron chi connectivity index (χ3n) is 5.43. The van der Waals surface area contributed by atoms with E-state index in [1.807, 2.05) is 30.3 Å². The fourth-order valence-electron chi connectivity index (χ4n) is 3.75. The summed E-state index contributed by atoms with van der Waals surface area (Å²) in [6, 6.07) is 14.5. The van der Waals surface area contributed by atoms with Crippen molar-refractivity contribution < 1.29 is 38.3 Å². The van der Waals surface area contributed by atoms with Crippen molar-refractivity contribution in [3.05, 3.63) is 64.3 Å². The van der Waals surface area contributed by atoms with Gasteiger partial charge in [0.2, 0.25) is 28.4 Å². The van der Waals surface area contributed by atoms with Crippen molar-refractivity contribution in [1.29, 1.82) is 0 Å². The summed E-state index contributed by atoms with van der Waals surface area (Å²) in [6.45, 7) is 0.324. The van der Waals surface area contributed by atoms with Crippen molar-refractivity contribution in [2.45, 2.75) is 6.61 Å². The summed E-state index contributed by atoms with van der Waals surface area (Å²) in [5, 5.41) is 21.1. The molecule has 1 heterocycles. The molecule has 0 aliphatic heterocycles. The first-order chi connectivity index (χ1) is 16.9. The minimum Gasteiger partial charge on any atom is -0.504 e. The Kier molecular flexibility index (Phi) is 6.59. The van der Waals surface area contributed by atoms with Crippen molar-refractivity contribution in [1.82, 2.24) is 0 Å². The molecule has 35 heavy (non-hydrogen) atoms. The Hall–Kier alpha value is -4.53. The van der Waals surface area contributed by atoms with E-state index < -0.39 is 16.9 Å². The Morgan fingerprint density at radius 1 is 0.771 bits per heavy atom. The van der Waals surface area contributed by atoms with Crippen LogP contribution in [-0.4, -0.2) is 38.7 Å². The minimum absolute atomic E-state index is 0.0188. The van der Waals surface area contributed by atoms with Crippen LogP contribution < -0.4 is 29.1 Å². The first-order valence-electron chi connectivity index (χ1n) is 10.5. The molecule has 0 spiro atoms. The monoisotopic (exact) mass is 480 g/mol. The van der Waals surface area contributed by atoms with Gasteiger partial charge < -0.3 is 38.3 Å². The highest BCUT2D eigenvalue weighted by Gasteiger charge is 2.29. The average molecular weight is 480 g/mol. The number of hydrogen-bond donors (Lipinski definition) is 2. The molecule has 0 fully saturated rings. The maximum absolute atomic E-state index is 13.1. The summed E-state index contributed by atoms with van der Waals surface area (Å²) < 4.78 is 33.1. The Labute approximate surface area is 200 Å². The maximum atomic E-state index is 13.1.